The lowest BCUT2D eigenvalue weighted by molar-refractivity contribution is -0.167. The first kappa shape index (κ1) is 12.9. The molecule has 1 saturated heterocycles. The fourth-order valence-corrected chi connectivity index (χ4v) is 3.78. The number of fused-ring (bicyclic) bond motifs is 1. The molecule has 3 fully saturated rings. The predicted octanol–water partition coefficient (Wildman–Crippen LogP) is 2.02. The number of hydrogen-bond acceptors (Lipinski definition) is 4. The Hall–Kier alpha value is -1.85. The molecule has 2 atom stereocenters. The second-order valence-corrected chi connectivity index (χ2v) is 6.41. The quantitative estimate of drug-likeness (QED) is 0.920. The van der Waals surface area contributed by atoms with Gasteiger partial charge in [0.2, 0.25) is 0 Å². The van der Waals surface area contributed by atoms with Crippen LogP contribution in [0.2, 0.25) is 0 Å². The van der Waals surface area contributed by atoms with Crippen molar-refractivity contribution in [3.8, 4) is 0 Å². The molecule has 1 aromatic heterocycles. The summed E-state index contributed by atoms with van der Waals surface area (Å²) < 4.78 is 5.37. The van der Waals surface area contributed by atoms with Crippen LogP contribution in [0, 0.1) is 5.92 Å². The summed E-state index contributed by atoms with van der Waals surface area (Å²) in [6.45, 7) is 0.493. The van der Waals surface area contributed by atoms with E-state index in [0.29, 0.717) is 24.8 Å². The number of carboxylic acids is 1. The first-order chi connectivity index (χ1) is 10.1. The summed E-state index contributed by atoms with van der Waals surface area (Å²) in [7, 11) is 0. The predicted molar refractivity (Wildman–Crippen MR) is 71.8 cm³/mol. The van der Waals surface area contributed by atoms with Gasteiger partial charge in [0.25, 0.3) is 5.91 Å². The highest BCUT2D eigenvalue weighted by Crippen LogP contribution is 2.49. The van der Waals surface area contributed by atoms with E-state index in [1.807, 2.05) is 0 Å². The largest absolute Gasteiger partial charge is 0.479 e. The van der Waals surface area contributed by atoms with Crippen molar-refractivity contribution >= 4 is 11.9 Å². The van der Waals surface area contributed by atoms with Crippen molar-refractivity contribution in [1.82, 2.24) is 9.88 Å². The molecule has 1 N–H and O–H groups in total. The number of piperidine rings is 1. The van der Waals surface area contributed by atoms with Crippen molar-refractivity contribution in [3.63, 3.8) is 0 Å². The molecule has 2 saturated carbocycles. The second kappa shape index (κ2) is 4.32. The number of nitrogens with zero attached hydrogens (tertiary/aromatic N) is 2. The van der Waals surface area contributed by atoms with Gasteiger partial charge in [0, 0.05) is 12.5 Å². The molecule has 0 unspecified atom stereocenters. The maximum atomic E-state index is 12.7. The molecule has 3 aliphatic rings. The van der Waals surface area contributed by atoms with Crippen LogP contribution in [0.4, 0.5) is 0 Å². The van der Waals surface area contributed by atoms with Crippen LogP contribution < -0.4 is 0 Å². The molecular formula is C15H18N2O4. The van der Waals surface area contributed by atoms with Gasteiger partial charge >= 0.3 is 5.97 Å². The van der Waals surface area contributed by atoms with E-state index in [2.05, 4.69) is 4.98 Å². The highest BCUT2D eigenvalue weighted by Gasteiger charge is 2.60. The van der Waals surface area contributed by atoms with Crippen molar-refractivity contribution in [3.05, 3.63) is 17.8 Å². The maximum Gasteiger partial charge on any atom is 0.329 e. The van der Waals surface area contributed by atoms with Crippen LogP contribution in [0.25, 0.3) is 0 Å². The Morgan fingerprint density at radius 3 is 2.76 bits per heavy atom. The third kappa shape index (κ3) is 1.74. The SMILES string of the molecule is O=C(c1coc(C2CC2)n1)N1CCC[C@@H]2CC[C@@]21C(=O)O. The van der Waals surface area contributed by atoms with Crippen molar-refractivity contribution in [2.24, 2.45) is 5.92 Å². The standard InChI is InChI=1S/C15H18N2O4/c18-13(11-8-21-12(16-11)9-3-4-9)17-7-1-2-10-5-6-15(10,17)14(19)20/h8-10H,1-7H2,(H,19,20)/t10-,15+/m1/s1. The first-order valence-corrected chi connectivity index (χ1v) is 7.63. The summed E-state index contributed by atoms with van der Waals surface area (Å²) in [4.78, 5) is 30.3. The molecule has 1 aliphatic heterocycles. The van der Waals surface area contributed by atoms with Crippen molar-refractivity contribution in [2.75, 3.05) is 6.54 Å². The molecule has 0 spiro atoms. The molecule has 0 radical (unpaired) electrons. The van der Waals surface area contributed by atoms with Gasteiger partial charge in [0.1, 0.15) is 11.8 Å². The second-order valence-electron chi connectivity index (χ2n) is 6.41. The van der Waals surface area contributed by atoms with Gasteiger partial charge < -0.3 is 14.4 Å². The number of aromatic nitrogens is 1. The number of hydrogen-bond donors (Lipinski definition) is 1. The van der Waals surface area contributed by atoms with Gasteiger partial charge in [-0.25, -0.2) is 9.78 Å². The van der Waals surface area contributed by atoms with E-state index in [1.165, 1.54) is 11.2 Å². The number of carbonyl (C=O) groups excluding carboxylic acids is 1. The van der Waals surface area contributed by atoms with E-state index >= 15 is 0 Å². The topological polar surface area (TPSA) is 83.6 Å². The molecule has 6 nitrogen and oxygen atoms in total. The van der Waals surface area contributed by atoms with Crippen molar-refractivity contribution < 1.29 is 19.1 Å². The molecule has 112 valence electrons. The van der Waals surface area contributed by atoms with Crippen molar-refractivity contribution in [2.45, 2.75) is 50.0 Å². The lowest BCUT2D eigenvalue weighted by atomic mass is 9.61. The van der Waals surface area contributed by atoms with Crippen LogP contribution in [0.3, 0.4) is 0 Å². The fraction of sp³-hybridized carbons (Fsp3) is 0.667. The number of likely N-dealkylation sites (tertiary alicyclic amines) is 1. The van der Waals surface area contributed by atoms with Crippen LogP contribution >= 0.6 is 0 Å². The van der Waals surface area contributed by atoms with Gasteiger partial charge in [0.15, 0.2) is 11.6 Å². The summed E-state index contributed by atoms with van der Waals surface area (Å²) in [5.74, 6) is -0.125. The lowest BCUT2D eigenvalue weighted by Gasteiger charge is -2.55. The summed E-state index contributed by atoms with van der Waals surface area (Å²) in [5, 5.41) is 9.65. The third-order valence-corrected chi connectivity index (χ3v) is 5.25. The van der Waals surface area contributed by atoms with Gasteiger partial charge in [-0.05, 0) is 44.4 Å². The number of oxazole rings is 1. The Bertz CT molecular complexity index is 607. The fourth-order valence-electron chi connectivity index (χ4n) is 3.78. The lowest BCUT2D eigenvalue weighted by Crippen LogP contribution is -2.68. The molecule has 6 heteroatoms. The summed E-state index contributed by atoms with van der Waals surface area (Å²) in [6.07, 6.45) is 6.68. The third-order valence-electron chi connectivity index (χ3n) is 5.25. The molecular weight excluding hydrogens is 272 g/mol. The smallest absolute Gasteiger partial charge is 0.329 e. The van der Waals surface area contributed by atoms with Gasteiger partial charge in [-0.1, -0.05) is 0 Å². The van der Waals surface area contributed by atoms with Crippen LogP contribution in [0.15, 0.2) is 10.7 Å². The van der Waals surface area contributed by atoms with Crippen molar-refractivity contribution in [1.29, 1.82) is 0 Å². The Labute approximate surface area is 122 Å². The Kier molecular flexibility index (Phi) is 2.65. The van der Waals surface area contributed by atoms with Crippen LogP contribution in [0.5, 0.6) is 0 Å². The maximum absolute atomic E-state index is 12.7. The number of amides is 1. The van der Waals surface area contributed by atoms with Gasteiger partial charge in [-0.2, -0.15) is 0 Å². The van der Waals surface area contributed by atoms with E-state index in [4.69, 9.17) is 4.42 Å². The molecule has 1 aromatic rings. The Morgan fingerprint density at radius 1 is 1.33 bits per heavy atom. The monoisotopic (exact) mass is 290 g/mol. The highest BCUT2D eigenvalue weighted by atomic mass is 16.4. The van der Waals surface area contributed by atoms with E-state index in [-0.39, 0.29) is 17.5 Å². The van der Waals surface area contributed by atoms with Gasteiger partial charge in [-0.15, -0.1) is 0 Å². The molecule has 2 aliphatic carbocycles. The van der Waals surface area contributed by atoms with E-state index < -0.39 is 11.5 Å². The molecule has 4 rings (SSSR count). The highest BCUT2D eigenvalue weighted by molar-refractivity contribution is 5.97. The van der Waals surface area contributed by atoms with E-state index in [9.17, 15) is 14.7 Å². The molecule has 1 amide bonds. The number of aliphatic carboxylic acids is 1. The van der Waals surface area contributed by atoms with Gasteiger partial charge in [0.05, 0.1) is 0 Å². The number of carboxylic acid groups (broad SMARTS) is 1. The molecule has 0 bridgehead atoms. The Balaban J connectivity index is 1.63. The van der Waals surface area contributed by atoms with Crippen LogP contribution in [0.1, 0.15) is 60.8 Å². The minimum atomic E-state index is -1.01. The molecule has 0 aromatic carbocycles. The molecule has 21 heavy (non-hydrogen) atoms. The minimum Gasteiger partial charge on any atom is -0.479 e. The average Bonchev–Trinajstić information content (AvgIpc) is 3.16. The number of carbonyl (C=O) groups is 2. The molecule has 2 heterocycles. The minimum absolute atomic E-state index is 0.0857. The van der Waals surface area contributed by atoms with Crippen LogP contribution in [-0.4, -0.2) is 39.0 Å². The van der Waals surface area contributed by atoms with Crippen LogP contribution in [-0.2, 0) is 4.79 Å². The summed E-state index contributed by atoms with van der Waals surface area (Å²) in [6, 6.07) is 0. The zero-order valence-corrected chi connectivity index (χ0v) is 11.7. The summed E-state index contributed by atoms with van der Waals surface area (Å²) in [5.41, 5.74) is -0.751. The van der Waals surface area contributed by atoms with E-state index in [0.717, 1.165) is 32.1 Å². The van der Waals surface area contributed by atoms with Gasteiger partial charge in [-0.3, -0.25) is 4.79 Å². The normalized spacial score (nSPS) is 31.4. The summed E-state index contributed by atoms with van der Waals surface area (Å²) >= 11 is 0. The first-order valence-electron chi connectivity index (χ1n) is 7.63. The van der Waals surface area contributed by atoms with E-state index in [1.54, 1.807) is 0 Å². The zero-order valence-electron chi connectivity index (χ0n) is 11.7. The zero-order chi connectivity index (χ0) is 14.6. The Morgan fingerprint density at radius 2 is 2.14 bits per heavy atom. The average molecular weight is 290 g/mol. The number of rotatable bonds is 3.